The Morgan fingerprint density at radius 1 is 0.792 bits per heavy atom. The van der Waals surface area contributed by atoms with Crippen molar-refractivity contribution in [2.24, 2.45) is 0 Å². The second kappa shape index (κ2) is 17.9. The van der Waals surface area contributed by atoms with E-state index in [9.17, 15) is 13.0 Å². The van der Waals surface area contributed by atoms with Gasteiger partial charge in [-0.2, -0.15) is 0 Å². The molecule has 0 saturated heterocycles. The molecule has 0 bridgehead atoms. The molecule has 0 radical (unpaired) electrons. The van der Waals surface area contributed by atoms with E-state index in [1.165, 1.54) is 32.1 Å². The van der Waals surface area contributed by atoms with Crippen molar-refractivity contribution in [2.45, 2.75) is 115 Å². The van der Waals surface area contributed by atoms with Crippen LogP contribution in [-0.2, 0) is 10.1 Å². The average molecular weight is 389 g/mol. The van der Waals surface area contributed by atoms with Crippen LogP contribution in [0, 0.1) is 0 Å². The van der Waals surface area contributed by atoms with Crippen molar-refractivity contribution in [2.75, 3.05) is 0 Å². The molecule has 0 rings (SSSR count). The molecule has 6 heteroatoms. The smallest absolute Gasteiger partial charge is 0.748 e. The maximum absolute atomic E-state index is 11.2. The van der Waals surface area contributed by atoms with Crippen LogP contribution in [0.1, 0.15) is 104 Å². The van der Waals surface area contributed by atoms with Gasteiger partial charge in [0.2, 0.25) is 0 Å². The molecule has 0 spiro atoms. The zero-order chi connectivity index (χ0) is 17.6. The molecule has 1 N–H and O–H groups in total. The summed E-state index contributed by atoms with van der Waals surface area (Å²) in [6, 6.07) is 0. The van der Waals surface area contributed by atoms with Crippen LogP contribution in [0.2, 0.25) is 0 Å². The van der Waals surface area contributed by atoms with Crippen LogP contribution < -0.4 is 51.4 Å². The minimum absolute atomic E-state index is 0. The molecule has 0 aliphatic rings. The molecule has 0 aromatic rings. The Bertz CT molecular complexity index is 358. The molecule has 2 atom stereocenters. The van der Waals surface area contributed by atoms with Gasteiger partial charge in [-0.1, -0.05) is 77.6 Å². The molecule has 140 valence electrons. The van der Waals surface area contributed by atoms with Crippen LogP contribution in [0.3, 0.4) is 0 Å². The summed E-state index contributed by atoms with van der Waals surface area (Å²) in [5.74, 6) is 0. The number of rotatable bonds is 16. The minimum Gasteiger partial charge on any atom is -0.748 e. The van der Waals surface area contributed by atoms with Crippen molar-refractivity contribution >= 4 is 10.1 Å². The predicted molar refractivity (Wildman–Crippen MR) is 95.5 cm³/mol. The van der Waals surface area contributed by atoms with Crippen LogP contribution in [0.5, 0.6) is 0 Å². The van der Waals surface area contributed by atoms with E-state index in [4.69, 9.17) is 5.11 Å². The van der Waals surface area contributed by atoms with Crippen LogP contribution in [0.25, 0.3) is 0 Å². The molecule has 0 amide bonds. The van der Waals surface area contributed by atoms with E-state index in [0.717, 1.165) is 44.9 Å². The molecule has 0 aliphatic heterocycles. The van der Waals surface area contributed by atoms with E-state index in [1.807, 2.05) is 13.8 Å². The van der Waals surface area contributed by atoms with E-state index in [0.29, 0.717) is 12.8 Å². The van der Waals surface area contributed by atoms with Gasteiger partial charge < -0.3 is 9.66 Å². The van der Waals surface area contributed by atoms with Crippen molar-refractivity contribution in [1.82, 2.24) is 0 Å². The van der Waals surface area contributed by atoms with E-state index in [2.05, 4.69) is 0 Å². The Kier molecular flexibility index (Phi) is 20.7. The van der Waals surface area contributed by atoms with Crippen molar-refractivity contribution in [1.29, 1.82) is 0 Å². The van der Waals surface area contributed by atoms with Crippen LogP contribution in [0.4, 0.5) is 0 Å². The molecule has 0 saturated carbocycles. The third kappa shape index (κ3) is 18.3. The van der Waals surface area contributed by atoms with Gasteiger partial charge in [0, 0.05) is 5.25 Å². The monoisotopic (exact) mass is 388 g/mol. The first kappa shape index (κ1) is 27.7. The summed E-state index contributed by atoms with van der Waals surface area (Å²) in [6.45, 7) is 3.85. The fraction of sp³-hybridized carbons (Fsp3) is 1.00. The normalized spacial score (nSPS) is 14.2. The minimum atomic E-state index is -4.12. The fourth-order valence-corrected chi connectivity index (χ4v) is 3.82. The Hall–Kier alpha value is 1.51. The zero-order valence-electron chi connectivity index (χ0n) is 16.1. The topological polar surface area (TPSA) is 77.4 Å². The number of aliphatic hydroxyl groups excluding tert-OH is 1. The predicted octanol–water partition coefficient (Wildman–Crippen LogP) is 1.77. The van der Waals surface area contributed by atoms with Crippen molar-refractivity contribution in [3.8, 4) is 0 Å². The van der Waals surface area contributed by atoms with Crippen molar-refractivity contribution < 1.29 is 69.5 Å². The Balaban J connectivity index is 0. The van der Waals surface area contributed by atoms with Gasteiger partial charge in [-0.05, 0) is 26.2 Å². The Morgan fingerprint density at radius 2 is 1.17 bits per heavy atom. The first-order valence-electron chi connectivity index (χ1n) is 9.50. The van der Waals surface area contributed by atoms with Crippen LogP contribution >= 0.6 is 0 Å². The van der Waals surface area contributed by atoms with Gasteiger partial charge in [-0.15, -0.1) is 0 Å². The molecular weight excluding hydrogens is 351 g/mol. The number of hydrogen-bond acceptors (Lipinski definition) is 4. The molecule has 2 unspecified atom stereocenters. The quantitative estimate of drug-likeness (QED) is 0.248. The van der Waals surface area contributed by atoms with Gasteiger partial charge in [0.15, 0.2) is 0 Å². The third-order valence-electron chi connectivity index (χ3n) is 4.44. The maximum Gasteiger partial charge on any atom is 1.00 e. The first-order valence-corrected chi connectivity index (χ1v) is 11.0. The van der Waals surface area contributed by atoms with Crippen molar-refractivity contribution in [3.05, 3.63) is 0 Å². The molecule has 24 heavy (non-hydrogen) atoms. The summed E-state index contributed by atoms with van der Waals surface area (Å²) >= 11 is 0. The molecule has 0 aromatic carbocycles. The molecule has 0 heterocycles. The first-order chi connectivity index (χ1) is 10.9. The standard InChI is InChI=1S/C18H38O4S.K/c1-3-4-15-18(23(20,21)22)16-13-11-9-7-5-6-8-10-12-14-17(2)19;/h17-19H,3-16H2,1-2H3,(H,20,21,22);/q;+1/p-1. The summed E-state index contributed by atoms with van der Waals surface area (Å²) < 4.78 is 33.6. The van der Waals surface area contributed by atoms with Gasteiger partial charge in [0.05, 0.1) is 16.2 Å². The summed E-state index contributed by atoms with van der Waals surface area (Å²) in [5.41, 5.74) is 0. The van der Waals surface area contributed by atoms with Gasteiger partial charge in [0.25, 0.3) is 0 Å². The number of aliphatic hydroxyl groups is 1. The van der Waals surface area contributed by atoms with Gasteiger partial charge in [-0.3, -0.25) is 0 Å². The third-order valence-corrected chi connectivity index (χ3v) is 5.72. The number of hydrogen-bond donors (Lipinski definition) is 1. The largest absolute Gasteiger partial charge is 1.00 e. The number of unbranched alkanes of at least 4 members (excludes halogenated alkanes) is 9. The molecular formula is C18H37KO4S. The summed E-state index contributed by atoms with van der Waals surface area (Å²) in [4.78, 5) is 0. The van der Waals surface area contributed by atoms with E-state index >= 15 is 0 Å². The van der Waals surface area contributed by atoms with E-state index in [1.54, 1.807) is 0 Å². The summed E-state index contributed by atoms with van der Waals surface area (Å²) in [7, 11) is -4.12. The molecule has 0 fully saturated rings. The molecule has 4 nitrogen and oxygen atoms in total. The fourth-order valence-electron chi connectivity index (χ4n) is 2.91. The van der Waals surface area contributed by atoms with Gasteiger partial charge >= 0.3 is 51.4 Å². The maximum atomic E-state index is 11.2. The Labute approximate surface area is 192 Å². The SMILES string of the molecule is CCCCC(CCCCCCCCCCCC(C)O)S(=O)(=O)[O-].[K+]. The van der Waals surface area contributed by atoms with Crippen LogP contribution in [0.15, 0.2) is 0 Å². The van der Waals surface area contributed by atoms with E-state index in [-0.39, 0.29) is 57.5 Å². The average Bonchev–Trinajstić information content (AvgIpc) is 2.46. The zero-order valence-corrected chi connectivity index (χ0v) is 20.1. The van der Waals surface area contributed by atoms with Crippen LogP contribution in [-0.4, -0.2) is 29.4 Å². The van der Waals surface area contributed by atoms with Gasteiger partial charge in [0.1, 0.15) is 0 Å². The second-order valence-corrected chi connectivity index (χ2v) is 8.52. The Morgan fingerprint density at radius 3 is 1.54 bits per heavy atom. The molecule has 0 aliphatic carbocycles. The molecule has 0 aromatic heterocycles. The second-order valence-electron chi connectivity index (χ2n) is 6.87. The van der Waals surface area contributed by atoms with Crippen molar-refractivity contribution in [3.63, 3.8) is 0 Å². The van der Waals surface area contributed by atoms with Gasteiger partial charge in [-0.25, -0.2) is 8.42 Å². The summed E-state index contributed by atoms with van der Waals surface area (Å²) in [5, 5.41) is 8.49. The summed E-state index contributed by atoms with van der Waals surface area (Å²) in [6.07, 6.45) is 13.8. The van der Waals surface area contributed by atoms with E-state index < -0.39 is 15.4 Å².